The molecule has 1 heterocycles. The summed E-state index contributed by atoms with van der Waals surface area (Å²) in [5, 5.41) is 0. The molecule has 4 nitrogen and oxygen atoms in total. The molecule has 94 valence electrons. The minimum Gasteiger partial charge on any atom is -0.381 e. The first kappa shape index (κ1) is 13.4. The van der Waals surface area contributed by atoms with Crippen LogP contribution in [0.15, 0.2) is 12.3 Å². The Morgan fingerprint density at radius 2 is 2.29 bits per heavy atom. The van der Waals surface area contributed by atoms with E-state index >= 15 is 0 Å². The zero-order valence-corrected chi connectivity index (χ0v) is 10.4. The highest BCUT2D eigenvalue weighted by atomic mass is 19.1. The number of nitrogens with two attached hydrogens (primary N) is 1. The van der Waals surface area contributed by atoms with Crippen molar-refractivity contribution in [3.63, 3.8) is 0 Å². The third kappa shape index (κ3) is 2.93. The molecule has 0 spiro atoms. The van der Waals surface area contributed by atoms with Crippen LogP contribution in [0.2, 0.25) is 0 Å². The van der Waals surface area contributed by atoms with Crippen LogP contribution in [0.1, 0.15) is 37.0 Å². The van der Waals surface area contributed by atoms with Gasteiger partial charge in [-0.1, -0.05) is 13.3 Å². The van der Waals surface area contributed by atoms with Crippen LogP contribution in [0.25, 0.3) is 0 Å². The fourth-order valence-electron chi connectivity index (χ4n) is 1.63. The summed E-state index contributed by atoms with van der Waals surface area (Å²) in [7, 11) is 1.67. The SMILES string of the molecule is CCCC(C)N(C)C(=O)c1ccnc(N)c1F. The van der Waals surface area contributed by atoms with Gasteiger partial charge in [-0.25, -0.2) is 9.37 Å². The van der Waals surface area contributed by atoms with Gasteiger partial charge in [-0.15, -0.1) is 0 Å². The lowest BCUT2D eigenvalue weighted by atomic mass is 10.1. The molecule has 17 heavy (non-hydrogen) atoms. The highest BCUT2D eigenvalue weighted by molar-refractivity contribution is 5.95. The van der Waals surface area contributed by atoms with Gasteiger partial charge in [0.05, 0.1) is 5.56 Å². The van der Waals surface area contributed by atoms with E-state index in [9.17, 15) is 9.18 Å². The number of nitrogen functional groups attached to an aromatic ring is 1. The first-order chi connectivity index (χ1) is 7.99. The topological polar surface area (TPSA) is 59.2 Å². The molecule has 0 saturated carbocycles. The molecular weight excluding hydrogens is 221 g/mol. The monoisotopic (exact) mass is 239 g/mol. The van der Waals surface area contributed by atoms with Gasteiger partial charge in [-0.3, -0.25) is 4.79 Å². The fraction of sp³-hybridized carbons (Fsp3) is 0.500. The van der Waals surface area contributed by atoms with E-state index in [0.29, 0.717) is 0 Å². The van der Waals surface area contributed by atoms with Gasteiger partial charge in [-0.2, -0.15) is 0 Å². The van der Waals surface area contributed by atoms with E-state index in [-0.39, 0.29) is 23.3 Å². The minimum atomic E-state index is -0.743. The van der Waals surface area contributed by atoms with Crippen molar-refractivity contribution in [3.05, 3.63) is 23.6 Å². The van der Waals surface area contributed by atoms with E-state index in [4.69, 9.17) is 5.73 Å². The van der Waals surface area contributed by atoms with E-state index in [0.717, 1.165) is 12.8 Å². The summed E-state index contributed by atoms with van der Waals surface area (Å²) in [4.78, 5) is 17.2. The molecule has 1 rings (SSSR count). The van der Waals surface area contributed by atoms with E-state index in [1.807, 2.05) is 13.8 Å². The quantitative estimate of drug-likeness (QED) is 0.875. The van der Waals surface area contributed by atoms with Crippen molar-refractivity contribution in [2.75, 3.05) is 12.8 Å². The van der Waals surface area contributed by atoms with Gasteiger partial charge in [0.1, 0.15) is 0 Å². The average molecular weight is 239 g/mol. The smallest absolute Gasteiger partial charge is 0.257 e. The zero-order chi connectivity index (χ0) is 13.0. The Morgan fingerprint density at radius 1 is 1.65 bits per heavy atom. The Hall–Kier alpha value is -1.65. The Labute approximate surface area is 101 Å². The maximum Gasteiger partial charge on any atom is 0.257 e. The van der Waals surface area contributed by atoms with Crippen molar-refractivity contribution in [2.45, 2.75) is 32.7 Å². The highest BCUT2D eigenvalue weighted by Crippen LogP contribution is 2.16. The number of rotatable bonds is 4. The molecule has 1 unspecified atom stereocenters. The van der Waals surface area contributed by atoms with Crippen LogP contribution in [-0.2, 0) is 0 Å². The van der Waals surface area contributed by atoms with Gasteiger partial charge in [0.25, 0.3) is 5.91 Å². The largest absolute Gasteiger partial charge is 0.381 e. The molecule has 1 aromatic rings. The molecule has 0 bridgehead atoms. The molecule has 2 N–H and O–H groups in total. The Bertz CT molecular complexity index is 409. The second-order valence-electron chi connectivity index (χ2n) is 4.11. The molecule has 0 aliphatic rings. The zero-order valence-electron chi connectivity index (χ0n) is 10.4. The number of nitrogens with zero attached hydrogens (tertiary/aromatic N) is 2. The molecule has 5 heteroatoms. The Morgan fingerprint density at radius 3 is 2.88 bits per heavy atom. The first-order valence-electron chi connectivity index (χ1n) is 5.66. The minimum absolute atomic E-state index is 0.0250. The van der Waals surface area contributed by atoms with Crippen molar-refractivity contribution < 1.29 is 9.18 Å². The standard InChI is InChI=1S/C12H18FN3O/c1-4-5-8(2)16(3)12(17)9-6-7-15-11(14)10(9)13/h6-8H,4-5H2,1-3H3,(H2,14,15). The summed E-state index contributed by atoms with van der Waals surface area (Å²) in [5.74, 6) is -1.35. The molecule has 0 aliphatic carbocycles. The molecule has 0 aliphatic heterocycles. The summed E-state index contributed by atoms with van der Waals surface area (Å²) >= 11 is 0. The lowest BCUT2D eigenvalue weighted by Crippen LogP contribution is -2.35. The maximum atomic E-state index is 13.6. The number of aromatic nitrogens is 1. The van der Waals surface area contributed by atoms with Crippen LogP contribution in [0.5, 0.6) is 0 Å². The summed E-state index contributed by atoms with van der Waals surface area (Å²) < 4.78 is 13.6. The van der Waals surface area contributed by atoms with Crippen molar-refractivity contribution >= 4 is 11.7 Å². The molecular formula is C12H18FN3O. The van der Waals surface area contributed by atoms with E-state index in [1.54, 1.807) is 7.05 Å². The number of halogens is 1. The summed E-state index contributed by atoms with van der Waals surface area (Å²) in [6.45, 7) is 3.98. The Kier molecular flexibility index (Phi) is 4.43. The number of carbonyl (C=O) groups excluding carboxylic acids is 1. The van der Waals surface area contributed by atoms with Gasteiger partial charge >= 0.3 is 0 Å². The first-order valence-corrected chi connectivity index (χ1v) is 5.66. The number of anilines is 1. The molecule has 0 aromatic carbocycles. The van der Waals surface area contributed by atoms with E-state index in [1.165, 1.54) is 17.2 Å². The van der Waals surface area contributed by atoms with Crippen molar-refractivity contribution in [1.29, 1.82) is 0 Å². The molecule has 1 atom stereocenters. The van der Waals surface area contributed by atoms with Crippen LogP contribution in [0, 0.1) is 5.82 Å². The van der Waals surface area contributed by atoms with Gasteiger partial charge in [0.2, 0.25) is 0 Å². The van der Waals surface area contributed by atoms with Gasteiger partial charge < -0.3 is 10.6 Å². The van der Waals surface area contributed by atoms with Crippen molar-refractivity contribution in [3.8, 4) is 0 Å². The fourth-order valence-corrected chi connectivity index (χ4v) is 1.63. The van der Waals surface area contributed by atoms with Crippen molar-refractivity contribution in [1.82, 2.24) is 9.88 Å². The van der Waals surface area contributed by atoms with E-state index in [2.05, 4.69) is 4.98 Å². The molecule has 0 fully saturated rings. The maximum absolute atomic E-state index is 13.6. The second-order valence-corrected chi connectivity index (χ2v) is 4.11. The number of hydrogen-bond donors (Lipinski definition) is 1. The van der Waals surface area contributed by atoms with Gasteiger partial charge in [-0.05, 0) is 19.4 Å². The molecule has 1 amide bonds. The highest BCUT2D eigenvalue weighted by Gasteiger charge is 2.21. The van der Waals surface area contributed by atoms with Crippen LogP contribution in [0.3, 0.4) is 0 Å². The van der Waals surface area contributed by atoms with Crippen LogP contribution < -0.4 is 5.73 Å². The number of amides is 1. The predicted molar refractivity (Wildman–Crippen MR) is 65.1 cm³/mol. The molecule has 1 aromatic heterocycles. The van der Waals surface area contributed by atoms with Crippen LogP contribution in [-0.4, -0.2) is 28.9 Å². The predicted octanol–water partition coefficient (Wildman–Crippen LogP) is 2.06. The third-order valence-electron chi connectivity index (χ3n) is 2.83. The number of carbonyl (C=O) groups is 1. The lowest BCUT2D eigenvalue weighted by molar-refractivity contribution is 0.0732. The van der Waals surface area contributed by atoms with Crippen LogP contribution >= 0.6 is 0 Å². The summed E-state index contributed by atoms with van der Waals surface area (Å²) in [6.07, 6.45) is 3.19. The summed E-state index contributed by atoms with van der Waals surface area (Å²) in [6, 6.07) is 1.42. The second kappa shape index (κ2) is 5.61. The van der Waals surface area contributed by atoms with Gasteiger partial charge in [0.15, 0.2) is 11.6 Å². The van der Waals surface area contributed by atoms with Crippen molar-refractivity contribution in [2.24, 2.45) is 0 Å². The lowest BCUT2D eigenvalue weighted by Gasteiger charge is -2.24. The van der Waals surface area contributed by atoms with Gasteiger partial charge in [0, 0.05) is 19.3 Å². The molecule has 0 saturated heterocycles. The number of hydrogen-bond acceptors (Lipinski definition) is 3. The normalized spacial score (nSPS) is 12.2. The Balaban J connectivity index is 2.93. The summed E-state index contributed by atoms with van der Waals surface area (Å²) in [5.41, 5.74) is 5.31. The van der Waals surface area contributed by atoms with E-state index < -0.39 is 5.82 Å². The third-order valence-corrected chi connectivity index (χ3v) is 2.83. The molecule has 0 radical (unpaired) electrons. The van der Waals surface area contributed by atoms with Crippen LogP contribution in [0.4, 0.5) is 10.2 Å². The number of pyridine rings is 1. The average Bonchev–Trinajstić information content (AvgIpc) is 2.31.